The first kappa shape index (κ1) is 16.8. The Balaban J connectivity index is 1.75. The maximum atomic E-state index is 5.33. The first-order chi connectivity index (χ1) is 13.2. The SMILES string of the molecule is Cc1noc(C)c1-c1nc(NCc2cccnc2)ncc1-c1cnccn1. The normalized spacial score (nSPS) is 10.7. The van der Waals surface area contributed by atoms with Crippen LogP contribution < -0.4 is 5.32 Å². The number of pyridine rings is 1. The third kappa shape index (κ3) is 3.50. The van der Waals surface area contributed by atoms with E-state index in [0.717, 1.165) is 22.4 Å². The zero-order valence-corrected chi connectivity index (χ0v) is 14.9. The minimum Gasteiger partial charge on any atom is -0.361 e. The second-order valence-corrected chi connectivity index (χ2v) is 5.96. The Bertz CT molecular complexity index is 1030. The molecule has 0 saturated carbocycles. The molecular weight excluding hydrogens is 342 g/mol. The first-order valence-corrected chi connectivity index (χ1v) is 8.42. The zero-order chi connectivity index (χ0) is 18.6. The second kappa shape index (κ2) is 7.28. The van der Waals surface area contributed by atoms with E-state index in [0.29, 0.717) is 29.6 Å². The van der Waals surface area contributed by atoms with E-state index in [2.05, 4.69) is 30.4 Å². The molecule has 0 aliphatic carbocycles. The number of nitrogens with one attached hydrogen (secondary N) is 1. The monoisotopic (exact) mass is 359 g/mol. The summed E-state index contributed by atoms with van der Waals surface area (Å²) in [6, 6.07) is 3.88. The lowest BCUT2D eigenvalue weighted by Crippen LogP contribution is -2.06. The summed E-state index contributed by atoms with van der Waals surface area (Å²) in [7, 11) is 0. The third-order valence-corrected chi connectivity index (χ3v) is 4.07. The number of rotatable bonds is 5. The van der Waals surface area contributed by atoms with Crippen LogP contribution in [0.3, 0.4) is 0 Å². The highest BCUT2D eigenvalue weighted by Gasteiger charge is 2.20. The minimum absolute atomic E-state index is 0.501. The van der Waals surface area contributed by atoms with Crippen molar-refractivity contribution < 1.29 is 4.52 Å². The lowest BCUT2D eigenvalue weighted by molar-refractivity contribution is 0.393. The van der Waals surface area contributed by atoms with Crippen molar-refractivity contribution >= 4 is 5.95 Å². The fourth-order valence-corrected chi connectivity index (χ4v) is 2.79. The molecule has 0 amide bonds. The van der Waals surface area contributed by atoms with Crippen LogP contribution in [0, 0.1) is 13.8 Å². The summed E-state index contributed by atoms with van der Waals surface area (Å²) in [6.45, 7) is 4.32. The molecule has 0 saturated heterocycles. The summed E-state index contributed by atoms with van der Waals surface area (Å²) < 4.78 is 5.33. The fourth-order valence-electron chi connectivity index (χ4n) is 2.79. The van der Waals surface area contributed by atoms with Crippen molar-refractivity contribution in [3.8, 4) is 22.5 Å². The Hall–Kier alpha value is -3.68. The van der Waals surface area contributed by atoms with Crippen LogP contribution in [-0.2, 0) is 6.54 Å². The van der Waals surface area contributed by atoms with Crippen LogP contribution in [0.4, 0.5) is 5.95 Å². The Kier molecular flexibility index (Phi) is 4.52. The molecule has 8 heteroatoms. The smallest absolute Gasteiger partial charge is 0.223 e. The number of nitrogens with zero attached hydrogens (tertiary/aromatic N) is 6. The van der Waals surface area contributed by atoms with Crippen LogP contribution in [0.25, 0.3) is 22.5 Å². The van der Waals surface area contributed by atoms with Gasteiger partial charge >= 0.3 is 0 Å². The maximum absolute atomic E-state index is 5.33. The van der Waals surface area contributed by atoms with Crippen LogP contribution in [0.5, 0.6) is 0 Å². The summed E-state index contributed by atoms with van der Waals surface area (Å²) in [5.74, 6) is 1.19. The summed E-state index contributed by atoms with van der Waals surface area (Å²) in [4.78, 5) is 21.8. The standard InChI is InChI=1S/C19H17N7O/c1-12-17(13(2)27-26-12)18-15(16-11-21-6-7-22-16)10-24-19(25-18)23-9-14-4-3-5-20-8-14/h3-8,10-11H,9H2,1-2H3,(H,23,24,25). The molecule has 27 heavy (non-hydrogen) atoms. The Morgan fingerprint density at radius 1 is 1.00 bits per heavy atom. The molecule has 0 fully saturated rings. The number of aromatic nitrogens is 6. The quantitative estimate of drug-likeness (QED) is 0.579. The van der Waals surface area contributed by atoms with Gasteiger partial charge in [0.25, 0.3) is 0 Å². The molecule has 0 aliphatic rings. The molecule has 4 aromatic heterocycles. The van der Waals surface area contributed by atoms with Crippen LogP contribution >= 0.6 is 0 Å². The molecule has 8 nitrogen and oxygen atoms in total. The molecule has 0 aliphatic heterocycles. The van der Waals surface area contributed by atoms with Gasteiger partial charge in [0.1, 0.15) is 5.76 Å². The van der Waals surface area contributed by atoms with E-state index in [4.69, 9.17) is 9.51 Å². The lowest BCUT2D eigenvalue weighted by atomic mass is 10.0. The molecular formula is C19H17N7O. The van der Waals surface area contributed by atoms with Crippen molar-refractivity contribution in [1.82, 2.24) is 30.1 Å². The van der Waals surface area contributed by atoms with Crippen molar-refractivity contribution in [1.29, 1.82) is 0 Å². The summed E-state index contributed by atoms with van der Waals surface area (Å²) >= 11 is 0. The lowest BCUT2D eigenvalue weighted by Gasteiger charge is -2.11. The van der Waals surface area contributed by atoms with Crippen molar-refractivity contribution in [3.05, 3.63) is 66.3 Å². The topological polar surface area (TPSA) is 103 Å². The number of anilines is 1. The molecule has 134 valence electrons. The molecule has 4 rings (SSSR count). The molecule has 0 aromatic carbocycles. The van der Waals surface area contributed by atoms with Gasteiger partial charge in [-0.25, -0.2) is 9.97 Å². The molecule has 4 heterocycles. The highest BCUT2D eigenvalue weighted by atomic mass is 16.5. The van der Waals surface area contributed by atoms with Crippen LogP contribution in [0.1, 0.15) is 17.0 Å². The highest BCUT2D eigenvalue weighted by Crippen LogP contribution is 2.33. The molecule has 0 radical (unpaired) electrons. The van der Waals surface area contributed by atoms with Gasteiger partial charge in [-0.1, -0.05) is 11.2 Å². The zero-order valence-electron chi connectivity index (χ0n) is 14.9. The van der Waals surface area contributed by atoms with Gasteiger partial charge in [0.2, 0.25) is 5.95 Å². The van der Waals surface area contributed by atoms with Gasteiger partial charge < -0.3 is 9.84 Å². The van der Waals surface area contributed by atoms with Crippen LogP contribution in [-0.4, -0.2) is 30.1 Å². The Morgan fingerprint density at radius 2 is 1.89 bits per heavy atom. The van der Waals surface area contributed by atoms with E-state index in [1.54, 1.807) is 37.2 Å². The van der Waals surface area contributed by atoms with E-state index >= 15 is 0 Å². The maximum Gasteiger partial charge on any atom is 0.223 e. The van der Waals surface area contributed by atoms with Gasteiger partial charge in [0.15, 0.2) is 0 Å². The van der Waals surface area contributed by atoms with Gasteiger partial charge in [0.05, 0.1) is 28.8 Å². The third-order valence-electron chi connectivity index (χ3n) is 4.07. The van der Waals surface area contributed by atoms with Gasteiger partial charge in [-0.05, 0) is 25.5 Å². The number of aryl methyl sites for hydroxylation is 2. The molecule has 0 unspecified atom stereocenters. The Labute approximate surface area is 155 Å². The number of hydrogen-bond acceptors (Lipinski definition) is 8. The molecule has 0 spiro atoms. The summed E-state index contributed by atoms with van der Waals surface area (Å²) in [5, 5.41) is 7.28. The van der Waals surface area contributed by atoms with E-state index in [9.17, 15) is 0 Å². The highest BCUT2D eigenvalue weighted by molar-refractivity contribution is 5.80. The molecule has 0 bridgehead atoms. The minimum atomic E-state index is 0.501. The predicted molar refractivity (Wildman–Crippen MR) is 99.6 cm³/mol. The average Bonchev–Trinajstić information content (AvgIpc) is 3.06. The summed E-state index contributed by atoms with van der Waals surface area (Å²) in [6.07, 6.45) is 10.2. The first-order valence-electron chi connectivity index (χ1n) is 8.42. The van der Waals surface area contributed by atoms with Gasteiger partial charge in [0, 0.05) is 43.1 Å². The Morgan fingerprint density at radius 3 is 2.59 bits per heavy atom. The predicted octanol–water partition coefficient (Wildman–Crippen LogP) is 3.21. The van der Waals surface area contributed by atoms with E-state index in [-0.39, 0.29) is 0 Å². The van der Waals surface area contributed by atoms with Crippen molar-refractivity contribution in [2.24, 2.45) is 0 Å². The number of hydrogen-bond donors (Lipinski definition) is 1. The molecule has 1 N–H and O–H groups in total. The van der Waals surface area contributed by atoms with E-state index in [1.165, 1.54) is 0 Å². The second-order valence-electron chi connectivity index (χ2n) is 5.96. The summed E-state index contributed by atoms with van der Waals surface area (Å²) in [5.41, 5.74) is 4.79. The van der Waals surface area contributed by atoms with Crippen LogP contribution in [0.2, 0.25) is 0 Å². The van der Waals surface area contributed by atoms with Gasteiger partial charge in [-0.3, -0.25) is 15.0 Å². The van der Waals surface area contributed by atoms with Gasteiger partial charge in [-0.15, -0.1) is 0 Å². The molecule has 4 aromatic rings. The average molecular weight is 359 g/mol. The van der Waals surface area contributed by atoms with Crippen molar-refractivity contribution in [2.45, 2.75) is 20.4 Å². The van der Waals surface area contributed by atoms with E-state index in [1.807, 2.05) is 26.0 Å². The van der Waals surface area contributed by atoms with Crippen LogP contribution in [0.15, 0.2) is 53.8 Å². The van der Waals surface area contributed by atoms with Crippen molar-refractivity contribution in [2.75, 3.05) is 5.32 Å². The largest absolute Gasteiger partial charge is 0.361 e. The molecule has 0 atom stereocenters. The van der Waals surface area contributed by atoms with Crippen molar-refractivity contribution in [3.63, 3.8) is 0 Å². The van der Waals surface area contributed by atoms with E-state index < -0.39 is 0 Å². The fraction of sp³-hybridized carbons (Fsp3) is 0.158. The van der Waals surface area contributed by atoms with Gasteiger partial charge in [-0.2, -0.15) is 0 Å².